The van der Waals surface area contributed by atoms with E-state index in [-0.39, 0.29) is 12.4 Å². The molecule has 1 aromatic carbocycles. The van der Waals surface area contributed by atoms with E-state index in [1.54, 1.807) is 0 Å². The van der Waals surface area contributed by atoms with Crippen molar-refractivity contribution in [3.8, 4) is 11.5 Å². The van der Waals surface area contributed by atoms with E-state index in [9.17, 15) is 4.79 Å². The maximum absolute atomic E-state index is 12.5. The number of fused-ring (bicyclic) bond motifs is 2. The minimum Gasteiger partial charge on any atom is -0.454 e. The van der Waals surface area contributed by atoms with Crippen LogP contribution in [0.2, 0.25) is 0 Å². The molecule has 3 aromatic rings. The maximum atomic E-state index is 12.5. The Kier molecular flexibility index (Phi) is 5.25. The lowest BCUT2D eigenvalue weighted by Gasteiger charge is -2.41. The van der Waals surface area contributed by atoms with Crippen molar-refractivity contribution >= 4 is 21.6 Å². The van der Waals surface area contributed by atoms with Crippen LogP contribution in [-0.2, 0) is 13.1 Å². The fourth-order valence-corrected chi connectivity index (χ4v) is 5.55. The van der Waals surface area contributed by atoms with Crippen LogP contribution in [-0.4, -0.2) is 27.7 Å². The molecule has 1 fully saturated rings. The average Bonchev–Trinajstić information content (AvgIpc) is 3.38. The number of aromatic amines is 1. The number of nitrogens with one attached hydrogen (secondary N) is 1. The lowest BCUT2D eigenvalue weighted by Crippen LogP contribution is -2.43. The summed E-state index contributed by atoms with van der Waals surface area (Å²) in [5, 5.41) is 1.92. The van der Waals surface area contributed by atoms with Gasteiger partial charge in [0.1, 0.15) is 10.5 Å². The van der Waals surface area contributed by atoms with Crippen molar-refractivity contribution in [3.05, 3.63) is 51.4 Å². The number of hydrogen-bond donors (Lipinski definition) is 1. The smallest absolute Gasteiger partial charge is 0.268 e. The largest absolute Gasteiger partial charge is 0.454 e. The molecule has 3 atom stereocenters. The molecule has 0 saturated heterocycles. The fraction of sp³-hybridized carbons (Fsp3) is 0.478. The van der Waals surface area contributed by atoms with Crippen LogP contribution >= 0.6 is 11.3 Å². The Labute approximate surface area is 179 Å². The van der Waals surface area contributed by atoms with Crippen LogP contribution in [0.1, 0.15) is 44.5 Å². The molecule has 7 heteroatoms. The third-order valence-electron chi connectivity index (χ3n) is 6.67. The van der Waals surface area contributed by atoms with Gasteiger partial charge in [-0.1, -0.05) is 32.8 Å². The van der Waals surface area contributed by atoms with Gasteiger partial charge in [0.25, 0.3) is 5.56 Å². The molecule has 5 rings (SSSR count). The molecular formula is C23H27N3O3S. The zero-order chi connectivity index (χ0) is 20.7. The first-order valence-electron chi connectivity index (χ1n) is 10.7. The van der Waals surface area contributed by atoms with Crippen LogP contribution in [0.15, 0.2) is 34.4 Å². The molecule has 3 unspecified atom stereocenters. The van der Waals surface area contributed by atoms with E-state index in [2.05, 4.69) is 35.9 Å². The highest BCUT2D eigenvalue weighted by Crippen LogP contribution is 2.36. The van der Waals surface area contributed by atoms with Gasteiger partial charge in [-0.25, -0.2) is 4.98 Å². The topological polar surface area (TPSA) is 67.5 Å². The van der Waals surface area contributed by atoms with Gasteiger partial charge >= 0.3 is 0 Å². The Morgan fingerprint density at radius 3 is 2.93 bits per heavy atom. The monoisotopic (exact) mass is 425 g/mol. The summed E-state index contributed by atoms with van der Waals surface area (Å²) in [4.78, 5) is 22.7. The van der Waals surface area contributed by atoms with E-state index in [0.717, 1.165) is 29.4 Å². The summed E-state index contributed by atoms with van der Waals surface area (Å²) >= 11 is 1.44. The van der Waals surface area contributed by atoms with Gasteiger partial charge in [-0.15, -0.1) is 11.3 Å². The van der Waals surface area contributed by atoms with Crippen molar-refractivity contribution in [1.82, 2.24) is 14.9 Å². The van der Waals surface area contributed by atoms with Crippen molar-refractivity contribution in [2.45, 2.75) is 52.2 Å². The predicted molar refractivity (Wildman–Crippen MR) is 118 cm³/mol. The zero-order valence-corrected chi connectivity index (χ0v) is 18.2. The number of aromatic nitrogens is 2. The van der Waals surface area contributed by atoms with E-state index >= 15 is 0 Å². The molecule has 0 spiro atoms. The quantitative estimate of drug-likeness (QED) is 0.650. The highest BCUT2D eigenvalue weighted by Gasteiger charge is 2.32. The summed E-state index contributed by atoms with van der Waals surface area (Å²) in [6.07, 6.45) is 3.69. The number of ether oxygens (including phenoxy) is 2. The van der Waals surface area contributed by atoms with Gasteiger partial charge in [0, 0.05) is 12.6 Å². The van der Waals surface area contributed by atoms with Crippen molar-refractivity contribution in [2.24, 2.45) is 11.8 Å². The summed E-state index contributed by atoms with van der Waals surface area (Å²) in [7, 11) is 0. The van der Waals surface area contributed by atoms with Gasteiger partial charge in [0.2, 0.25) is 6.79 Å². The summed E-state index contributed by atoms with van der Waals surface area (Å²) in [6.45, 7) is 6.40. The second-order valence-corrected chi connectivity index (χ2v) is 9.49. The van der Waals surface area contributed by atoms with Gasteiger partial charge < -0.3 is 14.5 Å². The number of nitrogens with zero attached hydrogens (tertiary/aromatic N) is 2. The van der Waals surface area contributed by atoms with Gasteiger partial charge in [-0.05, 0) is 47.4 Å². The molecule has 1 saturated carbocycles. The SMILES string of the molecule is CC1CCCC(N(Cc2ccc3c(c2)OCO3)Cc2nc3ccsc3c(=O)[nH]2)C1C. The number of rotatable bonds is 5. The van der Waals surface area contributed by atoms with E-state index < -0.39 is 0 Å². The molecule has 1 aliphatic carbocycles. The summed E-state index contributed by atoms with van der Waals surface area (Å²) in [5.74, 6) is 3.62. The molecule has 0 radical (unpaired) electrons. The Morgan fingerprint density at radius 2 is 2.03 bits per heavy atom. The number of H-pyrrole nitrogens is 1. The molecule has 0 bridgehead atoms. The summed E-state index contributed by atoms with van der Waals surface area (Å²) in [6, 6.07) is 8.54. The third-order valence-corrected chi connectivity index (χ3v) is 7.57. The standard InChI is InChI=1S/C23H27N3O3S/c1-14-4-3-5-18(15(14)2)26(11-16-6-7-19-20(10-16)29-13-28-19)12-21-24-17-8-9-30-22(17)23(27)25-21/h6-10,14-15,18H,3-5,11-13H2,1-2H3,(H,24,25,27). The molecule has 1 aliphatic heterocycles. The normalized spacial score (nSPS) is 23.4. The molecule has 6 nitrogen and oxygen atoms in total. The molecule has 0 amide bonds. The molecule has 2 aliphatic rings. The molecule has 158 valence electrons. The van der Waals surface area contributed by atoms with Crippen LogP contribution < -0.4 is 15.0 Å². The Balaban J connectivity index is 1.46. The van der Waals surface area contributed by atoms with Crippen molar-refractivity contribution < 1.29 is 9.47 Å². The van der Waals surface area contributed by atoms with Crippen LogP contribution in [0.25, 0.3) is 10.2 Å². The molecular weight excluding hydrogens is 398 g/mol. The summed E-state index contributed by atoms with van der Waals surface area (Å²) in [5.41, 5.74) is 1.92. The Morgan fingerprint density at radius 1 is 1.17 bits per heavy atom. The van der Waals surface area contributed by atoms with Crippen LogP contribution in [0.3, 0.4) is 0 Å². The number of hydrogen-bond acceptors (Lipinski definition) is 6. The van der Waals surface area contributed by atoms with Gasteiger partial charge in [-0.2, -0.15) is 0 Å². The van der Waals surface area contributed by atoms with Crippen LogP contribution in [0.5, 0.6) is 11.5 Å². The van der Waals surface area contributed by atoms with Crippen molar-refractivity contribution in [1.29, 1.82) is 0 Å². The predicted octanol–water partition coefficient (Wildman–Crippen LogP) is 4.54. The highest BCUT2D eigenvalue weighted by atomic mass is 32.1. The van der Waals surface area contributed by atoms with Crippen molar-refractivity contribution in [2.75, 3.05) is 6.79 Å². The van der Waals surface area contributed by atoms with Crippen LogP contribution in [0, 0.1) is 11.8 Å². The first-order valence-corrected chi connectivity index (χ1v) is 11.6. The summed E-state index contributed by atoms with van der Waals surface area (Å²) < 4.78 is 11.7. The second kappa shape index (κ2) is 8.04. The number of benzene rings is 1. The van der Waals surface area contributed by atoms with E-state index in [1.165, 1.54) is 36.2 Å². The zero-order valence-electron chi connectivity index (χ0n) is 17.4. The van der Waals surface area contributed by atoms with Gasteiger partial charge in [0.05, 0.1) is 12.1 Å². The van der Waals surface area contributed by atoms with Gasteiger partial charge in [0.15, 0.2) is 11.5 Å². The Hall–Kier alpha value is -2.38. The van der Waals surface area contributed by atoms with Crippen LogP contribution in [0.4, 0.5) is 0 Å². The molecule has 30 heavy (non-hydrogen) atoms. The highest BCUT2D eigenvalue weighted by molar-refractivity contribution is 7.17. The van der Waals surface area contributed by atoms with E-state index in [1.807, 2.05) is 17.5 Å². The minimum atomic E-state index is -0.0434. The van der Waals surface area contributed by atoms with Crippen molar-refractivity contribution in [3.63, 3.8) is 0 Å². The lowest BCUT2D eigenvalue weighted by atomic mass is 9.77. The van der Waals surface area contributed by atoms with E-state index in [0.29, 0.717) is 29.1 Å². The van der Waals surface area contributed by atoms with E-state index in [4.69, 9.17) is 14.5 Å². The minimum absolute atomic E-state index is 0.0434. The first-order chi connectivity index (χ1) is 14.6. The average molecular weight is 426 g/mol. The maximum Gasteiger partial charge on any atom is 0.268 e. The molecule has 1 N–H and O–H groups in total. The molecule has 3 heterocycles. The first kappa shape index (κ1) is 19.6. The fourth-order valence-electron chi connectivity index (χ4n) is 4.82. The van der Waals surface area contributed by atoms with Gasteiger partial charge in [-0.3, -0.25) is 9.69 Å². The number of thiophene rings is 1. The molecule has 2 aromatic heterocycles. The second-order valence-electron chi connectivity index (χ2n) is 8.57. The lowest BCUT2D eigenvalue weighted by molar-refractivity contribution is 0.0665. The third kappa shape index (κ3) is 3.72. The Bertz CT molecular complexity index is 1110.